The van der Waals surface area contributed by atoms with E-state index in [-0.39, 0.29) is 17.9 Å². The van der Waals surface area contributed by atoms with Crippen LogP contribution in [0.4, 0.5) is 0 Å². The Bertz CT molecular complexity index is 850. The zero-order chi connectivity index (χ0) is 20.9. The van der Waals surface area contributed by atoms with Crippen molar-refractivity contribution in [1.82, 2.24) is 15.2 Å². The number of hydrogen-bond donors (Lipinski definition) is 1. The maximum atomic E-state index is 13.3. The number of carbonyl (C=O) groups excluding carboxylic acids is 2. The molecule has 5 nitrogen and oxygen atoms in total. The quantitative estimate of drug-likeness (QED) is 0.811. The third-order valence-corrected chi connectivity index (χ3v) is 5.60. The minimum absolute atomic E-state index is 0.0490. The lowest BCUT2D eigenvalue weighted by Gasteiger charge is -2.42. The Morgan fingerprint density at radius 3 is 2.69 bits per heavy atom. The van der Waals surface area contributed by atoms with Gasteiger partial charge in [0.25, 0.3) is 0 Å². The fraction of sp³-hybridized carbons (Fsp3) is 0.458. The van der Waals surface area contributed by atoms with E-state index in [0.717, 1.165) is 36.1 Å². The molecule has 2 amide bonds. The van der Waals surface area contributed by atoms with Crippen LogP contribution in [0.1, 0.15) is 45.6 Å². The number of aromatic nitrogens is 1. The fourth-order valence-electron chi connectivity index (χ4n) is 4.18. The first-order chi connectivity index (χ1) is 13.9. The minimum Gasteiger partial charge on any atom is -0.353 e. The Kier molecular flexibility index (Phi) is 6.68. The molecule has 0 spiro atoms. The molecule has 1 aromatic carbocycles. The summed E-state index contributed by atoms with van der Waals surface area (Å²) < 4.78 is 0. The number of pyridine rings is 1. The van der Waals surface area contributed by atoms with E-state index in [1.165, 1.54) is 0 Å². The maximum absolute atomic E-state index is 13.3. The van der Waals surface area contributed by atoms with E-state index >= 15 is 0 Å². The Morgan fingerprint density at radius 2 is 2.00 bits per heavy atom. The summed E-state index contributed by atoms with van der Waals surface area (Å²) in [7, 11) is 0. The molecule has 5 heteroatoms. The molecule has 3 rings (SSSR count). The standard InChI is InChI=1S/C24H31N3O2/c1-4-22(28)27-13-7-11-24(17-27,23(29)26-18(2)3)15-19-8-5-9-20(14-19)21-10-6-12-25-16-21/h5-6,8-10,12,14,16,18H,4,7,11,13,15,17H2,1-3H3,(H,26,29)/t24-/m1/s1. The summed E-state index contributed by atoms with van der Waals surface area (Å²) in [6.07, 6.45) is 6.34. The van der Waals surface area contributed by atoms with E-state index in [1.54, 1.807) is 6.20 Å². The van der Waals surface area contributed by atoms with Crippen molar-refractivity contribution in [2.24, 2.45) is 5.41 Å². The third kappa shape index (κ3) is 5.03. The van der Waals surface area contributed by atoms with Gasteiger partial charge in [0.2, 0.25) is 11.8 Å². The van der Waals surface area contributed by atoms with Crippen molar-refractivity contribution in [2.75, 3.05) is 13.1 Å². The van der Waals surface area contributed by atoms with Gasteiger partial charge in [-0.1, -0.05) is 37.3 Å². The highest BCUT2D eigenvalue weighted by Gasteiger charge is 2.43. The number of benzene rings is 1. The van der Waals surface area contributed by atoms with Gasteiger partial charge in [0.1, 0.15) is 0 Å². The lowest BCUT2D eigenvalue weighted by atomic mass is 9.73. The van der Waals surface area contributed by atoms with Crippen molar-refractivity contribution in [3.8, 4) is 11.1 Å². The number of likely N-dealkylation sites (tertiary alicyclic amines) is 1. The number of rotatable bonds is 6. The highest BCUT2D eigenvalue weighted by molar-refractivity contribution is 5.85. The molecule has 1 aliphatic heterocycles. The molecule has 1 fully saturated rings. The molecule has 2 heterocycles. The van der Waals surface area contributed by atoms with Crippen LogP contribution in [0, 0.1) is 5.41 Å². The number of piperidine rings is 1. The smallest absolute Gasteiger partial charge is 0.228 e. The molecule has 154 valence electrons. The Balaban J connectivity index is 1.91. The van der Waals surface area contributed by atoms with Gasteiger partial charge >= 0.3 is 0 Å². The first-order valence-corrected chi connectivity index (χ1v) is 10.5. The fourth-order valence-corrected chi connectivity index (χ4v) is 4.18. The Morgan fingerprint density at radius 1 is 1.21 bits per heavy atom. The van der Waals surface area contributed by atoms with Gasteiger partial charge in [-0.3, -0.25) is 14.6 Å². The van der Waals surface area contributed by atoms with Crippen molar-refractivity contribution >= 4 is 11.8 Å². The van der Waals surface area contributed by atoms with E-state index in [0.29, 0.717) is 19.4 Å². The van der Waals surface area contributed by atoms with Crippen LogP contribution in [-0.4, -0.2) is 40.8 Å². The topological polar surface area (TPSA) is 62.3 Å². The molecule has 1 N–H and O–H groups in total. The lowest BCUT2D eigenvalue weighted by Crippen LogP contribution is -2.55. The van der Waals surface area contributed by atoms with E-state index in [9.17, 15) is 9.59 Å². The summed E-state index contributed by atoms with van der Waals surface area (Å²) in [6.45, 7) is 7.05. The summed E-state index contributed by atoms with van der Waals surface area (Å²) in [6, 6.07) is 12.3. The molecular weight excluding hydrogens is 362 g/mol. The summed E-state index contributed by atoms with van der Waals surface area (Å²) in [5.74, 6) is 0.170. The van der Waals surface area contributed by atoms with Crippen molar-refractivity contribution in [3.05, 3.63) is 54.4 Å². The Hall–Kier alpha value is -2.69. The van der Waals surface area contributed by atoms with Crippen LogP contribution < -0.4 is 5.32 Å². The van der Waals surface area contributed by atoms with E-state index < -0.39 is 5.41 Å². The van der Waals surface area contributed by atoms with Crippen LogP contribution >= 0.6 is 0 Å². The Labute approximate surface area is 173 Å². The van der Waals surface area contributed by atoms with Gasteiger partial charge in [0.05, 0.1) is 5.41 Å². The van der Waals surface area contributed by atoms with E-state index in [2.05, 4.69) is 28.5 Å². The second-order valence-corrected chi connectivity index (χ2v) is 8.30. The summed E-state index contributed by atoms with van der Waals surface area (Å²) in [5, 5.41) is 3.11. The first kappa shape index (κ1) is 21.0. The monoisotopic (exact) mass is 393 g/mol. The predicted molar refractivity (Wildman–Crippen MR) is 115 cm³/mol. The highest BCUT2D eigenvalue weighted by atomic mass is 16.2. The molecule has 0 unspecified atom stereocenters. The molecule has 1 atom stereocenters. The van der Waals surface area contributed by atoms with E-state index in [4.69, 9.17) is 0 Å². The third-order valence-electron chi connectivity index (χ3n) is 5.60. The SMILES string of the molecule is CCC(=O)N1CCC[C@](Cc2cccc(-c3cccnc3)c2)(C(=O)NC(C)C)C1. The normalized spacial score (nSPS) is 19.2. The number of hydrogen-bond acceptors (Lipinski definition) is 3. The van der Waals surface area contributed by atoms with Crippen molar-refractivity contribution in [2.45, 2.75) is 52.5 Å². The average molecular weight is 394 g/mol. The summed E-state index contributed by atoms with van der Waals surface area (Å²) in [4.78, 5) is 31.7. The van der Waals surface area contributed by atoms with Crippen LogP contribution in [0.5, 0.6) is 0 Å². The molecule has 0 bridgehead atoms. The van der Waals surface area contributed by atoms with Crippen LogP contribution in [-0.2, 0) is 16.0 Å². The van der Waals surface area contributed by atoms with Crippen LogP contribution in [0.2, 0.25) is 0 Å². The zero-order valence-electron chi connectivity index (χ0n) is 17.6. The van der Waals surface area contributed by atoms with Crippen LogP contribution in [0.25, 0.3) is 11.1 Å². The van der Waals surface area contributed by atoms with Gasteiger partial charge < -0.3 is 10.2 Å². The molecule has 2 aromatic rings. The number of nitrogens with zero attached hydrogens (tertiary/aromatic N) is 2. The molecule has 29 heavy (non-hydrogen) atoms. The summed E-state index contributed by atoms with van der Waals surface area (Å²) in [5.41, 5.74) is 2.66. The van der Waals surface area contributed by atoms with Crippen molar-refractivity contribution < 1.29 is 9.59 Å². The lowest BCUT2D eigenvalue weighted by molar-refractivity contribution is -0.141. The van der Waals surface area contributed by atoms with Gasteiger partial charge in [-0.05, 0) is 55.9 Å². The molecule has 0 aliphatic carbocycles. The number of amides is 2. The largest absolute Gasteiger partial charge is 0.353 e. The minimum atomic E-state index is -0.596. The predicted octanol–water partition coefficient (Wildman–Crippen LogP) is 3.83. The molecule has 1 aromatic heterocycles. The first-order valence-electron chi connectivity index (χ1n) is 10.5. The van der Waals surface area contributed by atoms with Gasteiger partial charge in [0, 0.05) is 37.9 Å². The van der Waals surface area contributed by atoms with E-state index in [1.807, 2.05) is 50.1 Å². The molecule has 1 aliphatic rings. The second kappa shape index (κ2) is 9.21. The van der Waals surface area contributed by atoms with Gasteiger partial charge in [0.15, 0.2) is 0 Å². The highest BCUT2D eigenvalue weighted by Crippen LogP contribution is 2.35. The number of carbonyl (C=O) groups is 2. The molecule has 1 saturated heterocycles. The van der Waals surface area contributed by atoms with Crippen LogP contribution in [0.3, 0.4) is 0 Å². The number of nitrogens with one attached hydrogen (secondary N) is 1. The second-order valence-electron chi connectivity index (χ2n) is 8.30. The van der Waals surface area contributed by atoms with Crippen LogP contribution in [0.15, 0.2) is 48.8 Å². The zero-order valence-corrected chi connectivity index (χ0v) is 17.6. The molecular formula is C24H31N3O2. The van der Waals surface area contributed by atoms with Crippen molar-refractivity contribution in [1.29, 1.82) is 0 Å². The average Bonchev–Trinajstić information content (AvgIpc) is 2.73. The van der Waals surface area contributed by atoms with Gasteiger partial charge in [-0.15, -0.1) is 0 Å². The van der Waals surface area contributed by atoms with Gasteiger partial charge in [-0.25, -0.2) is 0 Å². The molecule has 0 saturated carbocycles. The van der Waals surface area contributed by atoms with Gasteiger partial charge in [-0.2, -0.15) is 0 Å². The maximum Gasteiger partial charge on any atom is 0.228 e. The molecule has 0 radical (unpaired) electrons. The summed E-state index contributed by atoms with van der Waals surface area (Å²) >= 11 is 0. The van der Waals surface area contributed by atoms with Crippen molar-refractivity contribution in [3.63, 3.8) is 0 Å².